The molecule has 0 radical (unpaired) electrons. The number of hydrogen-bond donors (Lipinski definition) is 4. The molecule has 1 atom stereocenters. The second-order valence-corrected chi connectivity index (χ2v) is 9.50. The quantitative estimate of drug-likeness (QED) is 0.309. The molecule has 9 heteroatoms. The SMILES string of the molecule is COCCc1[nH]c2cc(OCCNC[C@H](O)c3cccc(NS(C)(=O)=O)c3)ccc2c1C. The van der Waals surface area contributed by atoms with E-state index in [2.05, 4.69) is 28.0 Å². The molecule has 3 aromatic rings. The second kappa shape index (κ2) is 10.8. The Morgan fingerprint density at radius 2 is 1.97 bits per heavy atom. The number of rotatable bonds is 12. The Labute approximate surface area is 189 Å². The minimum atomic E-state index is -3.36. The van der Waals surface area contributed by atoms with Crippen molar-refractivity contribution in [2.45, 2.75) is 19.4 Å². The molecule has 0 aliphatic carbocycles. The lowest BCUT2D eigenvalue weighted by molar-refractivity contribution is 0.172. The molecule has 2 aromatic carbocycles. The number of anilines is 1. The maximum Gasteiger partial charge on any atom is 0.229 e. The fourth-order valence-corrected chi connectivity index (χ4v) is 4.09. The van der Waals surface area contributed by atoms with Gasteiger partial charge >= 0.3 is 0 Å². The fraction of sp³-hybridized carbons (Fsp3) is 0.391. The number of methoxy groups -OCH3 is 1. The van der Waals surface area contributed by atoms with Crippen molar-refractivity contribution in [3.63, 3.8) is 0 Å². The minimum absolute atomic E-state index is 0.323. The van der Waals surface area contributed by atoms with Gasteiger partial charge in [0.25, 0.3) is 0 Å². The normalized spacial score (nSPS) is 12.8. The summed E-state index contributed by atoms with van der Waals surface area (Å²) in [6.45, 7) is 4.10. The number of benzene rings is 2. The number of fused-ring (bicyclic) bond motifs is 1. The first-order chi connectivity index (χ1) is 15.3. The van der Waals surface area contributed by atoms with Gasteiger partial charge in [0.1, 0.15) is 12.4 Å². The van der Waals surface area contributed by atoms with Gasteiger partial charge in [0, 0.05) is 55.0 Å². The topological polar surface area (TPSA) is 113 Å². The molecule has 0 bridgehead atoms. The van der Waals surface area contributed by atoms with E-state index < -0.39 is 16.1 Å². The van der Waals surface area contributed by atoms with Gasteiger partial charge in [-0.05, 0) is 42.3 Å². The molecule has 0 unspecified atom stereocenters. The molecule has 3 rings (SSSR count). The molecule has 0 saturated heterocycles. The van der Waals surface area contributed by atoms with Crippen LogP contribution in [-0.2, 0) is 21.2 Å². The number of aryl methyl sites for hydroxylation is 1. The van der Waals surface area contributed by atoms with Crippen LogP contribution in [0.25, 0.3) is 10.9 Å². The molecular formula is C23H31N3O5S. The summed E-state index contributed by atoms with van der Waals surface area (Å²) < 4.78 is 36.2. The Kier molecular flexibility index (Phi) is 8.14. The third-order valence-electron chi connectivity index (χ3n) is 5.15. The Bertz CT molecular complexity index is 1140. The van der Waals surface area contributed by atoms with Crippen LogP contribution in [0.1, 0.15) is 22.9 Å². The van der Waals surface area contributed by atoms with E-state index >= 15 is 0 Å². The van der Waals surface area contributed by atoms with E-state index in [0.29, 0.717) is 37.6 Å². The smallest absolute Gasteiger partial charge is 0.229 e. The molecule has 32 heavy (non-hydrogen) atoms. The van der Waals surface area contributed by atoms with Gasteiger partial charge in [-0.3, -0.25) is 4.72 Å². The third kappa shape index (κ3) is 6.70. The molecule has 0 aliphatic rings. The van der Waals surface area contributed by atoms with Crippen LogP contribution in [0, 0.1) is 6.92 Å². The van der Waals surface area contributed by atoms with E-state index in [0.717, 1.165) is 23.9 Å². The van der Waals surface area contributed by atoms with Crippen molar-refractivity contribution in [1.82, 2.24) is 10.3 Å². The maximum absolute atomic E-state index is 11.4. The van der Waals surface area contributed by atoms with Crippen LogP contribution in [0.15, 0.2) is 42.5 Å². The Balaban J connectivity index is 1.47. The van der Waals surface area contributed by atoms with E-state index in [9.17, 15) is 13.5 Å². The first-order valence-corrected chi connectivity index (χ1v) is 12.4. The standard InChI is InChI=1S/C23H31N3O5S/c1-16-20-8-7-19(14-22(20)25-21(16)9-11-30-2)31-12-10-24-15-23(27)17-5-4-6-18(13-17)26-32(3,28)29/h4-8,13-14,23-27H,9-12,15H2,1-3H3/t23-/m0/s1. The number of aliphatic hydroxyl groups excluding tert-OH is 1. The first-order valence-electron chi connectivity index (χ1n) is 10.5. The number of aromatic amines is 1. The van der Waals surface area contributed by atoms with Gasteiger partial charge in [0.15, 0.2) is 0 Å². The number of hydrogen-bond acceptors (Lipinski definition) is 6. The van der Waals surface area contributed by atoms with Gasteiger partial charge in [0.2, 0.25) is 10.0 Å². The van der Waals surface area contributed by atoms with Crippen LogP contribution < -0.4 is 14.8 Å². The Hall–Kier alpha value is -2.59. The summed E-state index contributed by atoms with van der Waals surface area (Å²) in [6.07, 6.45) is 1.17. The highest BCUT2D eigenvalue weighted by atomic mass is 32.2. The summed E-state index contributed by atoms with van der Waals surface area (Å²) in [5.41, 5.74) is 4.49. The molecule has 8 nitrogen and oxygen atoms in total. The summed E-state index contributed by atoms with van der Waals surface area (Å²) in [6, 6.07) is 12.7. The lowest BCUT2D eigenvalue weighted by Gasteiger charge is -2.14. The third-order valence-corrected chi connectivity index (χ3v) is 5.76. The minimum Gasteiger partial charge on any atom is -0.492 e. The fourth-order valence-electron chi connectivity index (χ4n) is 3.54. The molecule has 1 aromatic heterocycles. The molecule has 0 fully saturated rings. The van der Waals surface area contributed by atoms with Crippen molar-refractivity contribution >= 4 is 26.6 Å². The van der Waals surface area contributed by atoms with Gasteiger partial charge < -0.3 is 24.9 Å². The van der Waals surface area contributed by atoms with Gasteiger partial charge in [-0.2, -0.15) is 0 Å². The van der Waals surface area contributed by atoms with Crippen LogP contribution in [0.3, 0.4) is 0 Å². The number of aliphatic hydroxyl groups is 1. The summed E-state index contributed by atoms with van der Waals surface area (Å²) in [7, 11) is -1.66. The molecule has 0 spiro atoms. The Morgan fingerprint density at radius 3 is 2.72 bits per heavy atom. The lowest BCUT2D eigenvalue weighted by atomic mass is 10.1. The average Bonchev–Trinajstić information content (AvgIpc) is 3.05. The first kappa shape index (κ1) is 24.1. The zero-order chi connectivity index (χ0) is 23.1. The van der Waals surface area contributed by atoms with Crippen LogP contribution in [-0.4, -0.2) is 58.2 Å². The second-order valence-electron chi connectivity index (χ2n) is 7.75. The van der Waals surface area contributed by atoms with Crippen molar-refractivity contribution in [3.8, 4) is 5.75 Å². The van der Waals surface area contributed by atoms with Crippen LogP contribution in [0.2, 0.25) is 0 Å². The van der Waals surface area contributed by atoms with E-state index in [1.54, 1.807) is 31.4 Å². The number of nitrogens with one attached hydrogen (secondary N) is 3. The molecule has 0 amide bonds. The van der Waals surface area contributed by atoms with Crippen molar-refractivity contribution in [2.24, 2.45) is 0 Å². The predicted molar refractivity (Wildman–Crippen MR) is 127 cm³/mol. The zero-order valence-corrected chi connectivity index (χ0v) is 19.5. The predicted octanol–water partition coefficient (Wildman–Crippen LogP) is 2.74. The number of H-pyrrole nitrogens is 1. The van der Waals surface area contributed by atoms with Gasteiger partial charge in [-0.15, -0.1) is 0 Å². The molecule has 0 saturated carbocycles. The largest absolute Gasteiger partial charge is 0.492 e. The number of sulfonamides is 1. The van der Waals surface area contributed by atoms with E-state index in [-0.39, 0.29) is 0 Å². The van der Waals surface area contributed by atoms with Crippen LogP contribution in [0.5, 0.6) is 5.75 Å². The van der Waals surface area contributed by atoms with Gasteiger partial charge in [0.05, 0.1) is 19.0 Å². The van der Waals surface area contributed by atoms with Crippen molar-refractivity contribution in [3.05, 3.63) is 59.3 Å². The molecule has 1 heterocycles. The van der Waals surface area contributed by atoms with Gasteiger partial charge in [-0.1, -0.05) is 12.1 Å². The molecule has 0 aliphatic heterocycles. The number of aromatic nitrogens is 1. The van der Waals surface area contributed by atoms with Crippen molar-refractivity contribution in [1.29, 1.82) is 0 Å². The Morgan fingerprint density at radius 1 is 1.16 bits per heavy atom. The van der Waals surface area contributed by atoms with Crippen LogP contribution in [0.4, 0.5) is 5.69 Å². The maximum atomic E-state index is 11.4. The zero-order valence-electron chi connectivity index (χ0n) is 18.6. The van der Waals surface area contributed by atoms with Crippen molar-refractivity contribution in [2.75, 3.05) is 44.4 Å². The summed E-state index contributed by atoms with van der Waals surface area (Å²) in [4.78, 5) is 3.44. The van der Waals surface area contributed by atoms with Gasteiger partial charge in [-0.25, -0.2) is 8.42 Å². The molecule has 4 N–H and O–H groups in total. The highest BCUT2D eigenvalue weighted by molar-refractivity contribution is 7.92. The average molecular weight is 462 g/mol. The summed E-state index contributed by atoms with van der Waals surface area (Å²) in [5.74, 6) is 0.777. The van der Waals surface area contributed by atoms with E-state index in [4.69, 9.17) is 9.47 Å². The summed E-state index contributed by atoms with van der Waals surface area (Å²) >= 11 is 0. The van der Waals surface area contributed by atoms with E-state index in [1.165, 1.54) is 16.6 Å². The number of ether oxygens (including phenoxy) is 2. The summed E-state index contributed by atoms with van der Waals surface area (Å²) in [5, 5.41) is 14.7. The van der Waals surface area contributed by atoms with Crippen LogP contribution >= 0.6 is 0 Å². The highest BCUT2D eigenvalue weighted by Gasteiger charge is 2.10. The molecular weight excluding hydrogens is 430 g/mol. The monoisotopic (exact) mass is 461 g/mol. The highest BCUT2D eigenvalue weighted by Crippen LogP contribution is 2.26. The lowest BCUT2D eigenvalue weighted by Crippen LogP contribution is -2.26. The van der Waals surface area contributed by atoms with Crippen molar-refractivity contribution < 1.29 is 23.0 Å². The molecule has 174 valence electrons. The van der Waals surface area contributed by atoms with E-state index in [1.807, 2.05) is 12.1 Å².